The molecule has 0 unspecified atom stereocenters. The van der Waals surface area contributed by atoms with Crippen LogP contribution in [0.1, 0.15) is 44.2 Å². The lowest BCUT2D eigenvalue weighted by Gasteiger charge is -2.38. The van der Waals surface area contributed by atoms with Gasteiger partial charge in [0.25, 0.3) is 11.4 Å². The van der Waals surface area contributed by atoms with E-state index < -0.39 is 59.6 Å². The van der Waals surface area contributed by atoms with Crippen LogP contribution in [0.4, 0.5) is 4.39 Å². The van der Waals surface area contributed by atoms with Crippen molar-refractivity contribution in [1.29, 1.82) is 0 Å². The molecule has 3 aromatic carbocycles. The van der Waals surface area contributed by atoms with Gasteiger partial charge in [-0.1, -0.05) is 61.2 Å². The number of ether oxygens (including phenoxy) is 4. The molecular weight excluding hydrogens is 599 g/mol. The number of benzene rings is 3. The molecule has 2 heterocycles. The highest BCUT2D eigenvalue weighted by Gasteiger charge is 2.72. The third kappa shape index (κ3) is 6.07. The number of aromatic nitrogens is 2. The fourth-order valence-corrected chi connectivity index (χ4v) is 5.00. The van der Waals surface area contributed by atoms with Crippen molar-refractivity contribution >= 4 is 17.9 Å². The van der Waals surface area contributed by atoms with Crippen molar-refractivity contribution in [2.24, 2.45) is 0 Å². The molecule has 1 aliphatic heterocycles. The summed E-state index contributed by atoms with van der Waals surface area (Å²) in [6.07, 6.45) is -3.19. The maximum atomic E-state index is 17.5. The van der Waals surface area contributed by atoms with E-state index in [0.717, 1.165) is 16.8 Å². The average molecular weight is 627 g/mol. The maximum Gasteiger partial charge on any atom is 0.339 e. The first-order chi connectivity index (χ1) is 22.1. The highest BCUT2D eigenvalue weighted by molar-refractivity contribution is 5.91. The molecule has 1 fully saturated rings. The van der Waals surface area contributed by atoms with E-state index in [9.17, 15) is 24.0 Å². The van der Waals surface area contributed by atoms with E-state index in [-0.39, 0.29) is 22.3 Å². The Kier molecular flexibility index (Phi) is 8.94. The first-order valence-electron chi connectivity index (χ1n) is 13.9. The molecule has 0 amide bonds. The third-order valence-electron chi connectivity index (χ3n) is 7.33. The number of hydrogen-bond acceptors (Lipinski definition) is 9. The fraction of sp³-hybridized carbons (Fsp3) is 0.176. The number of hydrogen-bond donors (Lipinski definition) is 1. The van der Waals surface area contributed by atoms with E-state index in [4.69, 9.17) is 18.9 Å². The quantitative estimate of drug-likeness (QED) is 0.165. The molecule has 12 heteroatoms. The highest BCUT2D eigenvalue weighted by Crippen LogP contribution is 2.53. The Morgan fingerprint density at radius 1 is 0.870 bits per heavy atom. The number of aromatic amines is 1. The Bertz CT molecular complexity index is 1920. The van der Waals surface area contributed by atoms with Gasteiger partial charge in [-0.3, -0.25) is 14.3 Å². The van der Waals surface area contributed by atoms with Crippen molar-refractivity contribution in [3.05, 3.63) is 159 Å². The van der Waals surface area contributed by atoms with Gasteiger partial charge in [0.1, 0.15) is 0 Å². The van der Waals surface area contributed by atoms with E-state index in [1.54, 1.807) is 54.6 Å². The van der Waals surface area contributed by atoms with E-state index in [0.29, 0.717) is 0 Å². The summed E-state index contributed by atoms with van der Waals surface area (Å²) in [5, 5.41) is 0. The summed E-state index contributed by atoms with van der Waals surface area (Å²) < 4.78 is 41.2. The number of H-pyrrole nitrogens is 1. The first kappa shape index (κ1) is 31.6. The normalized spacial score (nSPS) is 21.9. The highest BCUT2D eigenvalue weighted by atomic mass is 19.2. The van der Waals surface area contributed by atoms with Gasteiger partial charge in [0.15, 0.2) is 12.8 Å². The number of rotatable bonds is 9. The molecule has 0 spiro atoms. The molecule has 4 aromatic rings. The molecule has 234 valence electrons. The van der Waals surface area contributed by atoms with Gasteiger partial charge in [0, 0.05) is 17.8 Å². The second kappa shape index (κ2) is 13.0. The number of halogens is 1. The summed E-state index contributed by atoms with van der Waals surface area (Å²) in [5.41, 5.74) is -1.82. The minimum atomic E-state index is -3.26. The van der Waals surface area contributed by atoms with Crippen LogP contribution in [0.25, 0.3) is 0 Å². The number of esters is 3. The second-order valence-electron chi connectivity index (χ2n) is 10.2. The molecule has 11 nitrogen and oxygen atoms in total. The lowest BCUT2D eigenvalue weighted by atomic mass is 9.85. The van der Waals surface area contributed by atoms with Crippen LogP contribution < -0.4 is 11.2 Å². The minimum absolute atomic E-state index is 0.000639. The van der Waals surface area contributed by atoms with Gasteiger partial charge in [-0.05, 0) is 43.3 Å². The van der Waals surface area contributed by atoms with Crippen molar-refractivity contribution in [2.75, 3.05) is 6.61 Å². The zero-order chi connectivity index (χ0) is 32.9. The van der Waals surface area contributed by atoms with Gasteiger partial charge in [-0.25, -0.2) is 23.6 Å². The van der Waals surface area contributed by atoms with Gasteiger partial charge in [-0.2, -0.15) is 0 Å². The summed E-state index contributed by atoms with van der Waals surface area (Å²) >= 11 is 0. The predicted molar refractivity (Wildman–Crippen MR) is 161 cm³/mol. The van der Waals surface area contributed by atoms with Crippen LogP contribution in [0.5, 0.6) is 0 Å². The number of carbonyl (C=O) groups excluding carboxylic acids is 3. The lowest BCUT2D eigenvalue weighted by molar-refractivity contribution is -0.208. The summed E-state index contributed by atoms with van der Waals surface area (Å²) in [5.74, 6) is -6.28. The topological polar surface area (TPSA) is 143 Å². The van der Waals surface area contributed by atoms with Gasteiger partial charge in [-0.15, -0.1) is 5.73 Å². The predicted octanol–water partition coefficient (Wildman–Crippen LogP) is 4.14. The van der Waals surface area contributed by atoms with Crippen LogP contribution in [-0.4, -0.2) is 51.6 Å². The number of nitrogens with zero attached hydrogens (tertiary/aromatic N) is 1. The summed E-state index contributed by atoms with van der Waals surface area (Å²) in [7, 11) is 0. The van der Waals surface area contributed by atoms with Gasteiger partial charge in [0.05, 0.1) is 16.7 Å². The Hall–Kier alpha value is -5.84. The molecule has 0 bridgehead atoms. The molecule has 0 radical (unpaired) electrons. The van der Waals surface area contributed by atoms with Crippen molar-refractivity contribution < 1.29 is 37.7 Å². The fourth-order valence-electron chi connectivity index (χ4n) is 5.00. The van der Waals surface area contributed by atoms with Gasteiger partial charge < -0.3 is 18.9 Å². The van der Waals surface area contributed by atoms with Crippen molar-refractivity contribution in [2.45, 2.75) is 30.7 Å². The van der Waals surface area contributed by atoms with E-state index >= 15 is 4.39 Å². The molecule has 1 N–H and O–H groups in total. The monoisotopic (exact) mass is 626 g/mol. The molecular formula is C34H27FN2O9. The molecule has 0 aliphatic carbocycles. The Balaban J connectivity index is 1.70. The van der Waals surface area contributed by atoms with Crippen molar-refractivity contribution in [3.8, 4) is 0 Å². The van der Waals surface area contributed by atoms with Crippen molar-refractivity contribution in [1.82, 2.24) is 9.55 Å². The van der Waals surface area contributed by atoms with E-state index in [1.807, 2.05) is 4.98 Å². The third-order valence-corrected chi connectivity index (χ3v) is 7.33. The van der Waals surface area contributed by atoms with Crippen LogP contribution in [0.2, 0.25) is 0 Å². The molecule has 1 aromatic heterocycles. The standard InChI is InChI=1S/C34H27FN2O9/c1-3-22(2)34(45-29(41)25-17-11-6-12-18-25)30(44-28(40)24-15-9-5-10-16-24)33(35,21-43-27(39)23-13-7-4-8-14-23)46-31(34)37-20-19-26(38)36-32(37)42/h4-20,30-31H,1,21H2,2H3,(H,36,38,42)/t30-,31-,33-,34-/m1/s1. The zero-order valence-corrected chi connectivity index (χ0v) is 24.4. The molecule has 0 saturated carbocycles. The minimum Gasteiger partial charge on any atom is -0.456 e. The van der Waals surface area contributed by atoms with Crippen LogP contribution >= 0.6 is 0 Å². The molecule has 1 aliphatic rings. The van der Waals surface area contributed by atoms with Crippen LogP contribution in [0.15, 0.2) is 131 Å². The summed E-state index contributed by atoms with van der Waals surface area (Å²) in [6, 6.07) is 23.8. The van der Waals surface area contributed by atoms with Crippen LogP contribution in [0.3, 0.4) is 0 Å². The lowest BCUT2D eigenvalue weighted by Crippen LogP contribution is -2.57. The molecule has 46 heavy (non-hydrogen) atoms. The first-order valence-corrected chi connectivity index (χ1v) is 13.9. The number of alkyl halides is 1. The van der Waals surface area contributed by atoms with E-state index in [1.165, 1.54) is 43.3 Å². The second-order valence-corrected chi connectivity index (χ2v) is 10.2. The Labute approximate surface area is 261 Å². The molecule has 5 rings (SSSR count). The average Bonchev–Trinajstić information content (AvgIpc) is 3.32. The smallest absolute Gasteiger partial charge is 0.339 e. The summed E-state index contributed by atoms with van der Waals surface area (Å²) in [4.78, 5) is 67.2. The largest absolute Gasteiger partial charge is 0.456 e. The van der Waals surface area contributed by atoms with Crippen LogP contribution in [0, 0.1) is 0 Å². The zero-order valence-electron chi connectivity index (χ0n) is 24.4. The Morgan fingerprint density at radius 3 is 1.91 bits per heavy atom. The molecule has 4 atom stereocenters. The number of nitrogens with one attached hydrogen (secondary N) is 1. The maximum absolute atomic E-state index is 17.5. The van der Waals surface area contributed by atoms with Gasteiger partial charge in [0.2, 0.25) is 11.7 Å². The van der Waals surface area contributed by atoms with Crippen molar-refractivity contribution in [3.63, 3.8) is 0 Å². The van der Waals surface area contributed by atoms with E-state index in [2.05, 4.69) is 12.3 Å². The molecule has 1 saturated heterocycles. The summed E-state index contributed by atoms with van der Waals surface area (Å²) in [6.45, 7) is 3.79. The number of carbonyl (C=O) groups is 3. The SMILES string of the molecule is C=C=C(C)[C@]1(OC(=O)c2ccccc2)[C@H](n2ccc(=O)[nH]c2=O)O[C@](F)(COC(=O)c2ccccc2)[C@H]1OC(=O)c1ccccc1. The van der Waals surface area contributed by atoms with Gasteiger partial charge >= 0.3 is 23.6 Å². The van der Waals surface area contributed by atoms with Crippen LogP contribution in [-0.2, 0) is 18.9 Å². The Morgan fingerprint density at radius 2 is 1.39 bits per heavy atom.